The zero-order valence-corrected chi connectivity index (χ0v) is 31.5. The summed E-state index contributed by atoms with van der Waals surface area (Å²) in [6, 6.07) is 59.6. The molecule has 0 saturated carbocycles. The Morgan fingerprint density at radius 3 is 2.02 bits per heavy atom. The average molecular weight is 867 g/mol. The number of aromatic hydroxyl groups is 1. The van der Waals surface area contributed by atoms with Crippen molar-refractivity contribution in [2.24, 2.45) is 0 Å². The van der Waals surface area contributed by atoms with Gasteiger partial charge in [0.1, 0.15) is 17.1 Å². The molecule has 1 aliphatic heterocycles. The summed E-state index contributed by atoms with van der Waals surface area (Å²) in [7, 11) is 0. The van der Waals surface area contributed by atoms with E-state index in [2.05, 4.69) is 133 Å². The van der Waals surface area contributed by atoms with Crippen molar-refractivity contribution in [2.45, 2.75) is 19.3 Å². The van der Waals surface area contributed by atoms with Crippen molar-refractivity contribution in [2.75, 3.05) is 9.80 Å². The summed E-state index contributed by atoms with van der Waals surface area (Å²) in [5, 5.41) is 12.1. The number of rotatable bonds is 6. The molecule has 3 heterocycles. The molecule has 0 amide bonds. The van der Waals surface area contributed by atoms with Crippen LogP contribution < -0.4 is 9.80 Å². The van der Waals surface area contributed by atoms with E-state index in [-0.39, 0.29) is 32.2 Å². The molecule has 0 aliphatic carbocycles. The number of fused-ring (bicyclic) bond motifs is 3. The largest absolute Gasteiger partial charge is 0.506 e. The second-order valence-electron chi connectivity index (χ2n) is 13.6. The molecule has 6 aromatic carbocycles. The van der Waals surface area contributed by atoms with E-state index in [0.717, 1.165) is 61.9 Å². The van der Waals surface area contributed by atoms with E-state index in [4.69, 9.17) is 9.97 Å². The SMILES string of the molecule is CC1(C)c2ccc(-c3cc(N(c4ccccc4)c4ccccc4)c4cccc(O)c4n3)[c-]c2N(c2cc(-c3ccccc3)ccn2)c2ccccc21.[Pt]. The van der Waals surface area contributed by atoms with Crippen LogP contribution in [0.1, 0.15) is 25.0 Å². The minimum Gasteiger partial charge on any atom is -0.506 e. The Morgan fingerprint density at radius 2 is 1.30 bits per heavy atom. The Balaban J connectivity index is 0.00000400. The number of phenolic OH excluding ortho intramolecular Hbond substituents is 1. The maximum absolute atomic E-state index is 11.3. The van der Waals surface area contributed by atoms with E-state index in [1.165, 1.54) is 5.56 Å². The van der Waals surface area contributed by atoms with Gasteiger partial charge in [0.2, 0.25) is 0 Å². The van der Waals surface area contributed by atoms with E-state index in [1.807, 2.05) is 60.8 Å². The van der Waals surface area contributed by atoms with Crippen LogP contribution in [0.15, 0.2) is 170 Å². The minimum absolute atomic E-state index is 0. The smallest absolute Gasteiger partial charge is 0.140 e. The maximum atomic E-state index is 11.3. The number of pyridine rings is 2. The number of phenols is 1. The quantitative estimate of drug-likeness (QED) is 0.169. The van der Waals surface area contributed by atoms with Crippen LogP contribution in [-0.4, -0.2) is 15.1 Å². The van der Waals surface area contributed by atoms with Gasteiger partial charge in [0.25, 0.3) is 0 Å². The van der Waals surface area contributed by atoms with Crippen LogP contribution in [0.5, 0.6) is 5.75 Å². The second-order valence-corrected chi connectivity index (χ2v) is 13.6. The van der Waals surface area contributed by atoms with Gasteiger partial charge in [0, 0.05) is 55.4 Å². The zero-order chi connectivity index (χ0) is 35.2. The standard InChI is InChI=1S/C47H35N4O.Pt/c1-47(2)38-22-12-13-23-41(38)51(45-30-33(27-28-48-45)32-15-6-3-7-16-32)43-29-34(25-26-39(43)47)40-31-42(37-21-14-24-44(52)46(37)49-40)50(35-17-8-4-9-18-35)36-19-10-5-11-20-36;/h3-28,30-31,52H,1-2H3;/q-1;. The molecule has 1 N–H and O–H groups in total. The molecule has 0 spiro atoms. The van der Waals surface area contributed by atoms with Gasteiger partial charge in [0.15, 0.2) is 0 Å². The Kier molecular flexibility index (Phi) is 8.90. The Bertz CT molecular complexity index is 2540. The van der Waals surface area contributed by atoms with E-state index in [9.17, 15) is 5.11 Å². The molecule has 8 aromatic rings. The Labute approximate surface area is 324 Å². The summed E-state index contributed by atoms with van der Waals surface area (Å²) < 4.78 is 0. The van der Waals surface area contributed by atoms with Gasteiger partial charge in [0.05, 0.1) is 0 Å². The number of anilines is 6. The van der Waals surface area contributed by atoms with Crippen molar-refractivity contribution in [1.29, 1.82) is 0 Å². The second kappa shape index (κ2) is 13.8. The Hall–Kier alpha value is -6.03. The third kappa shape index (κ3) is 5.97. The molecule has 53 heavy (non-hydrogen) atoms. The molecule has 1 aliphatic rings. The average Bonchev–Trinajstić information content (AvgIpc) is 3.19. The van der Waals surface area contributed by atoms with Gasteiger partial charge >= 0.3 is 0 Å². The molecular weight excluding hydrogens is 832 g/mol. The van der Waals surface area contributed by atoms with E-state index < -0.39 is 0 Å². The number of para-hydroxylation sites is 4. The van der Waals surface area contributed by atoms with Crippen LogP contribution in [0.2, 0.25) is 0 Å². The van der Waals surface area contributed by atoms with Crippen LogP contribution >= 0.6 is 0 Å². The van der Waals surface area contributed by atoms with Crippen LogP contribution in [0.25, 0.3) is 33.3 Å². The van der Waals surface area contributed by atoms with E-state index >= 15 is 0 Å². The summed E-state index contributed by atoms with van der Waals surface area (Å²) in [6.45, 7) is 4.54. The molecule has 0 bridgehead atoms. The third-order valence-electron chi connectivity index (χ3n) is 10.1. The predicted octanol–water partition coefficient (Wildman–Crippen LogP) is 12.0. The summed E-state index contributed by atoms with van der Waals surface area (Å²) in [6.07, 6.45) is 1.88. The molecule has 0 atom stereocenters. The number of hydrogen-bond donors (Lipinski definition) is 1. The number of nitrogens with zero attached hydrogens (tertiary/aromatic N) is 4. The molecule has 6 heteroatoms. The minimum atomic E-state index is -0.299. The third-order valence-corrected chi connectivity index (χ3v) is 10.1. The fourth-order valence-electron chi connectivity index (χ4n) is 7.48. The van der Waals surface area contributed by atoms with Crippen LogP contribution in [0.3, 0.4) is 0 Å². The molecule has 260 valence electrons. The molecule has 2 aromatic heterocycles. The number of hydrogen-bond acceptors (Lipinski definition) is 5. The first-order chi connectivity index (χ1) is 25.5. The molecule has 9 rings (SSSR count). The van der Waals surface area contributed by atoms with Crippen molar-refractivity contribution in [1.82, 2.24) is 9.97 Å². The van der Waals surface area contributed by atoms with Crippen LogP contribution in [0.4, 0.5) is 34.3 Å². The van der Waals surface area contributed by atoms with E-state index in [0.29, 0.717) is 11.2 Å². The molecular formula is C47H35N4OPt-. The summed E-state index contributed by atoms with van der Waals surface area (Å²) in [5.74, 6) is 0.932. The topological polar surface area (TPSA) is 52.5 Å². The van der Waals surface area contributed by atoms with Gasteiger partial charge in [-0.05, 0) is 82.0 Å². The fourth-order valence-corrected chi connectivity index (χ4v) is 7.48. The number of aromatic nitrogens is 2. The monoisotopic (exact) mass is 866 g/mol. The molecule has 0 unspecified atom stereocenters. The summed E-state index contributed by atoms with van der Waals surface area (Å²) in [5.41, 5.74) is 11.2. The first-order valence-corrected chi connectivity index (χ1v) is 17.5. The van der Waals surface area contributed by atoms with Crippen LogP contribution in [0, 0.1) is 6.07 Å². The van der Waals surface area contributed by atoms with Gasteiger partial charge in [-0.25, -0.2) is 4.98 Å². The van der Waals surface area contributed by atoms with Gasteiger partial charge < -0.3 is 14.9 Å². The van der Waals surface area contributed by atoms with Crippen molar-refractivity contribution < 1.29 is 26.2 Å². The molecule has 0 fully saturated rings. The van der Waals surface area contributed by atoms with Gasteiger partial charge in [-0.15, -0.1) is 23.8 Å². The molecule has 0 saturated heterocycles. The van der Waals surface area contributed by atoms with Gasteiger partial charge in [-0.3, -0.25) is 4.98 Å². The van der Waals surface area contributed by atoms with Crippen molar-refractivity contribution in [3.05, 3.63) is 187 Å². The Morgan fingerprint density at radius 1 is 0.642 bits per heavy atom. The van der Waals surface area contributed by atoms with Crippen LogP contribution in [-0.2, 0) is 26.5 Å². The summed E-state index contributed by atoms with van der Waals surface area (Å²) in [4.78, 5) is 14.5. The molecule has 0 radical (unpaired) electrons. The first kappa shape index (κ1) is 34.1. The van der Waals surface area contributed by atoms with Crippen molar-refractivity contribution >= 4 is 45.2 Å². The van der Waals surface area contributed by atoms with Crippen molar-refractivity contribution in [3.8, 4) is 28.1 Å². The maximum Gasteiger partial charge on any atom is 0.140 e. The normalized spacial score (nSPS) is 12.8. The van der Waals surface area contributed by atoms with E-state index in [1.54, 1.807) is 6.07 Å². The van der Waals surface area contributed by atoms with Gasteiger partial charge in [-0.1, -0.05) is 123 Å². The summed E-state index contributed by atoms with van der Waals surface area (Å²) >= 11 is 0. The molecule has 5 nitrogen and oxygen atoms in total. The first-order valence-electron chi connectivity index (χ1n) is 17.5. The number of benzene rings is 6. The predicted molar refractivity (Wildman–Crippen MR) is 212 cm³/mol. The zero-order valence-electron chi connectivity index (χ0n) is 29.2. The fraction of sp³-hybridized carbons (Fsp3) is 0.0638. The van der Waals surface area contributed by atoms with Gasteiger partial charge in [-0.2, -0.15) is 0 Å². The van der Waals surface area contributed by atoms with Crippen molar-refractivity contribution in [3.63, 3.8) is 0 Å².